The minimum absolute atomic E-state index is 0.0518. The molecule has 3 rings (SSSR count). The monoisotopic (exact) mass is 387 g/mol. The molecule has 0 aliphatic heterocycles. The Morgan fingerprint density at radius 2 is 1.78 bits per heavy atom. The van der Waals surface area contributed by atoms with Gasteiger partial charge in [0, 0.05) is 18.3 Å². The molecular formula is C18H17N3O5S. The van der Waals surface area contributed by atoms with Crippen molar-refractivity contribution in [3.63, 3.8) is 0 Å². The van der Waals surface area contributed by atoms with Crippen LogP contribution in [0.25, 0.3) is 0 Å². The van der Waals surface area contributed by atoms with Gasteiger partial charge in [0.1, 0.15) is 17.5 Å². The van der Waals surface area contributed by atoms with Crippen molar-refractivity contribution in [2.45, 2.75) is 17.4 Å². The van der Waals surface area contributed by atoms with E-state index in [0.717, 1.165) is 0 Å². The van der Waals surface area contributed by atoms with Crippen LogP contribution in [0.4, 0.5) is 0 Å². The molecule has 3 aromatic rings. The normalized spacial score (nSPS) is 12.4. The van der Waals surface area contributed by atoms with Gasteiger partial charge in [-0.3, -0.25) is 4.79 Å². The van der Waals surface area contributed by atoms with Crippen LogP contribution < -0.4 is 9.46 Å². The molecular weight excluding hydrogens is 370 g/mol. The van der Waals surface area contributed by atoms with Gasteiger partial charge in [-0.25, -0.2) is 13.4 Å². The molecule has 0 saturated carbocycles. The Balaban J connectivity index is 1.72. The summed E-state index contributed by atoms with van der Waals surface area (Å²) in [7, 11) is -4.02. The fourth-order valence-corrected chi connectivity index (χ4v) is 3.55. The lowest BCUT2D eigenvalue weighted by atomic mass is 10.2. The van der Waals surface area contributed by atoms with Crippen LogP contribution in [0, 0.1) is 0 Å². The molecule has 0 amide bonds. The maximum Gasteiger partial charge on any atom is 0.322 e. The van der Waals surface area contributed by atoms with Crippen LogP contribution in [0.5, 0.6) is 11.5 Å². The molecule has 0 fully saturated rings. The van der Waals surface area contributed by atoms with E-state index in [1.165, 1.54) is 36.8 Å². The van der Waals surface area contributed by atoms with Crippen LogP contribution in [0.1, 0.15) is 5.69 Å². The second kappa shape index (κ2) is 8.02. The molecule has 0 unspecified atom stereocenters. The minimum atomic E-state index is -4.02. The second-order valence-electron chi connectivity index (χ2n) is 5.68. The zero-order valence-corrected chi connectivity index (χ0v) is 14.9. The Hall–Kier alpha value is -3.17. The summed E-state index contributed by atoms with van der Waals surface area (Å²) in [4.78, 5) is 17.9. The average Bonchev–Trinajstić information content (AvgIpc) is 3.15. The molecule has 3 N–H and O–H groups in total. The Morgan fingerprint density at radius 1 is 1.11 bits per heavy atom. The van der Waals surface area contributed by atoms with E-state index in [0.29, 0.717) is 17.2 Å². The Bertz CT molecular complexity index is 987. The largest absolute Gasteiger partial charge is 0.480 e. The molecule has 1 aromatic heterocycles. The zero-order chi connectivity index (χ0) is 19.3. The first-order valence-corrected chi connectivity index (χ1v) is 9.48. The van der Waals surface area contributed by atoms with Gasteiger partial charge in [0.15, 0.2) is 0 Å². The summed E-state index contributed by atoms with van der Waals surface area (Å²) in [6.07, 6.45) is 2.79. The molecule has 140 valence electrons. The number of carbonyl (C=O) groups is 1. The van der Waals surface area contributed by atoms with Gasteiger partial charge in [0.2, 0.25) is 10.0 Å². The lowest BCUT2D eigenvalue weighted by Crippen LogP contribution is -2.42. The van der Waals surface area contributed by atoms with Crippen molar-refractivity contribution in [3.05, 3.63) is 72.8 Å². The molecule has 0 saturated heterocycles. The maximum absolute atomic E-state index is 12.5. The van der Waals surface area contributed by atoms with Crippen LogP contribution >= 0.6 is 0 Å². The Kier molecular flexibility index (Phi) is 5.53. The van der Waals surface area contributed by atoms with Crippen molar-refractivity contribution in [1.82, 2.24) is 14.7 Å². The fourth-order valence-electron chi connectivity index (χ4n) is 2.36. The van der Waals surface area contributed by atoms with Gasteiger partial charge in [-0.1, -0.05) is 18.2 Å². The quantitative estimate of drug-likeness (QED) is 0.545. The van der Waals surface area contributed by atoms with E-state index in [1.807, 2.05) is 18.2 Å². The number of hydrogen-bond acceptors (Lipinski definition) is 5. The van der Waals surface area contributed by atoms with Crippen LogP contribution in [0.2, 0.25) is 0 Å². The number of nitrogens with zero attached hydrogens (tertiary/aromatic N) is 1. The molecule has 1 atom stereocenters. The SMILES string of the molecule is O=C(O)[C@H](Cc1cnc[nH]1)NS(=O)(=O)c1ccc(Oc2ccccc2)cc1. The first kappa shape index (κ1) is 18.6. The molecule has 0 spiro atoms. The summed E-state index contributed by atoms with van der Waals surface area (Å²) < 4.78 is 32.8. The summed E-state index contributed by atoms with van der Waals surface area (Å²) in [5, 5.41) is 9.31. The van der Waals surface area contributed by atoms with Gasteiger partial charge in [0.05, 0.1) is 11.2 Å². The number of aromatic amines is 1. The molecule has 0 aliphatic carbocycles. The van der Waals surface area contributed by atoms with Crippen molar-refractivity contribution in [2.24, 2.45) is 0 Å². The second-order valence-corrected chi connectivity index (χ2v) is 7.39. The van der Waals surface area contributed by atoms with Gasteiger partial charge >= 0.3 is 5.97 Å². The molecule has 0 radical (unpaired) electrons. The maximum atomic E-state index is 12.5. The molecule has 0 bridgehead atoms. The van der Waals surface area contributed by atoms with Crippen molar-refractivity contribution < 1.29 is 23.1 Å². The first-order chi connectivity index (χ1) is 12.9. The smallest absolute Gasteiger partial charge is 0.322 e. The van der Waals surface area contributed by atoms with Crippen LogP contribution in [-0.2, 0) is 21.2 Å². The number of para-hydroxylation sites is 1. The molecule has 27 heavy (non-hydrogen) atoms. The lowest BCUT2D eigenvalue weighted by molar-refractivity contribution is -0.138. The van der Waals surface area contributed by atoms with Gasteiger partial charge in [-0.15, -0.1) is 0 Å². The minimum Gasteiger partial charge on any atom is -0.480 e. The summed E-state index contributed by atoms with van der Waals surface area (Å²) in [5.74, 6) is -0.193. The van der Waals surface area contributed by atoms with Gasteiger partial charge in [-0.05, 0) is 36.4 Å². The molecule has 0 aliphatic rings. The topological polar surface area (TPSA) is 121 Å². The van der Waals surface area contributed by atoms with Gasteiger partial charge in [0.25, 0.3) is 0 Å². The third-order valence-corrected chi connectivity index (χ3v) is 5.17. The van der Waals surface area contributed by atoms with Crippen LogP contribution in [0.3, 0.4) is 0 Å². The fraction of sp³-hybridized carbons (Fsp3) is 0.111. The summed E-state index contributed by atoms with van der Waals surface area (Å²) in [6, 6.07) is 13.5. The number of aromatic nitrogens is 2. The molecule has 1 heterocycles. The summed E-state index contributed by atoms with van der Waals surface area (Å²) in [5.41, 5.74) is 0.511. The number of benzene rings is 2. The van der Waals surface area contributed by atoms with E-state index in [2.05, 4.69) is 14.7 Å². The predicted molar refractivity (Wildman–Crippen MR) is 97.0 cm³/mol. The number of imidazole rings is 1. The third kappa shape index (κ3) is 4.93. The van der Waals surface area contributed by atoms with E-state index < -0.39 is 22.0 Å². The number of aliphatic carboxylic acids is 1. The van der Waals surface area contributed by atoms with Crippen molar-refractivity contribution in [2.75, 3.05) is 0 Å². The number of nitrogens with one attached hydrogen (secondary N) is 2. The highest BCUT2D eigenvalue weighted by Gasteiger charge is 2.26. The van der Waals surface area contributed by atoms with E-state index in [-0.39, 0.29) is 11.3 Å². The first-order valence-electron chi connectivity index (χ1n) is 7.99. The Labute approximate surface area is 155 Å². The van der Waals surface area contributed by atoms with Gasteiger partial charge < -0.3 is 14.8 Å². The number of carboxylic acids is 1. The highest BCUT2D eigenvalue weighted by molar-refractivity contribution is 7.89. The van der Waals surface area contributed by atoms with Crippen molar-refractivity contribution >= 4 is 16.0 Å². The van der Waals surface area contributed by atoms with E-state index >= 15 is 0 Å². The standard InChI is InChI=1S/C18H17N3O5S/c22-18(23)17(10-13-11-19-12-20-13)21-27(24,25)16-8-6-15(7-9-16)26-14-4-2-1-3-5-14/h1-9,11-12,17,21H,10H2,(H,19,20)(H,22,23)/t17-/m0/s1. The lowest BCUT2D eigenvalue weighted by Gasteiger charge is -2.14. The zero-order valence-electron chi connectivity index (χ0n) is 14.1. The average molecular weight is 387 g/mol. The van der Waals surface area contributed by atoms with E-state index in [4.69, 9.17) is 4.74 Å². The highest BCUT2D eigenvalue weighted by Crippen LogP contribution is 2.22. The van der Waals surface area contributed by atoms with Crippen molar-refractivity contribution in [3.8, 4) is 11.5 Å². The summed E-state index contributed by atoms with van der Waals surface area (Å²) >= 11 is 0. The van der Waals surface area contributed by atoms with E-state index in [1.54, 1.807) is 12.1 Å². The molecule has 9 heteroatoms. The number of hydrogen-bond donors (Lipinski definition) is 3. The summed E-state index contributed by atoms with van der Waals surface area (Å²) in [6.45, 7) is 0. The van der Waals surface area contributed by atoms with Crippen molar-refractivity contribution in [1.29, 1.82) is 0 Å². The van der Waals surface area contributed by atoms with Gasteiger partial charge in [-0.2, -0.15) is 4.72 Å². The number of ether oxygens (including phenoxy) is 1. The van der Waals surface area contributed by atoms with Crippen LogP contribution in [0.15, 0.2) is 72.0 Å². The molecule has 2 aromatic carbocycles. The third-order valence-electron chi connectivity index (χ3n) is 3.69. The highest BCUT2D eigenvalue weighted by atomic mass is 32.2. The number of rotatable bonds is 8. The number of sulfonamides is 1. The predicted octanol–water partition coefficient (Wildman–Crippen LogP) is 2.18. The van der Waals surface area contributed by atoms with Crippen LogP contribution in [-0.4, -0.2) is 35.5 Å². The number of H-pyrrole nitrogens is 1. The molecule has 8 nitrogen and oxygen atoms in total. The van der Waals surface area contributed by atoms with E-state index in [9.17, 15) is 18.3 Å². The Morgan fingerprint density at radius 3 is 2.37 bits per heavy atom. The number of carboxylic acid groups (broad SMARTS) is 1.